The van der Waals surface area contributed by atoms with Gasteiger partial charge in [-0.2, -0.15) is 0 Å². The van der Waals surface area contributed by atoms with Gasteiger partial charge in [-0.15, -0.1) is 0 Å². The Kier molecular flexibility index (Phi) is 3.05. The summed E-state index contributed by atoms with van der Waals surface area (Å²) >= 11 is 0. The molecule has 0 unspecified atom stereocenters. The first-order valence-electron chi connectivity index (χ1n) is 5.25. The number of nitrogens with two attached hydrogens (primary N) is 1. The average Bonchev–Trinajstić information content (AvgIpc) is 2.38. The smallest absolute Gasteiger partial charge is 0.269 e. The standard InChI is InChI=1S/C13H13N3O/c1-15-13(17)12-8-10(5-6-16-12)9-3-2-4-11(14)7-9/h2-8H,14H2,1H3,(H,15,17). The summed E-state index contributed by atoms with van der Waals surface area (Å²) in [5, 5.41) is 2.55. The molecule has 0 aliphatic rings. The molecule has 0 saturated carbocycles. The molecule has 4 heteroatoms. The van der Waals surface area contributed by atoms with Gasteiger partial charge in [0.05, 0.1) is 0 Å². The molecular formula is C13H13N3O. The van der Waals surface area contributed by atoms with Crippen LogP contribution in [0, 0.1) is 0 Å². The minimum atomic E-state index is -0.198. The largest absolute Gasteiger partial charge is 0.399 e. The van der Waals surface area contributed by atoms with Crippen LogP contribution in [0.25, 0.3) is 11.1 Å². The number of anilines is 1. The van der Waals surface area contributed by atoms with E-state index in [2.05, 4.69) is 10.3 Å². The van der Waals surface area contributed by atoms with E-state index in [1.54, 1.807) is 19.3 Å². The highest BCUT2D eigenvalue weighted by Crippen LogP contribution is 2.21. The van der Waals surface area contributed by atoms with E-state index in [9.17, 15) is 4.79 Å². The number of carbonyl (C=O) groups is 1. The molecule has 0 radical (unpaired) electrons. The molecule has 3 N–H and O–H groups in total. The second-order valence-electron chi connectivity index (χ2n) is 3.63. The predicted molar refractivity (Wildman–Crippen MR) is 67.5 cm³/mol. The molecule has 0 saturated heterocycles. The molecule has 0 spiro atoms. The first-order valence-corrected chi connectivity index (χ1v) is 5.25. The quantitative estimate of drug-likeness (QED) is 0.767. The van der Waals surface area contributed by atoms with Crippen LogP contribution in [0.1, 0.15) is 10.5 Å². The van der Waals surface area contributed by atoms with Gasteiger partial charge in [-0.05, 0) is 35.4 Å². The maximum atomic E-state index is 11.5. The number of carbonyl (C=O) groups excluding carboxylic acids is 1. The Labute approximate surface area is 99.5 Å². The van der Waals surface area contributed by atoms with E-state index in [-0.39, 0.29) is 5.91 Å². The van der Waals surface area contributed by atoms with E-state index in [0.717, 1.165) is 11.1 Å². The van der Waals surface area contributed by atoms with E-state index in [4.69, 9.17) is 5.73 Å². The molecule has 1 heterocycles. The molecule has 1 aromatic carbocycles. The van der Waals surface area contributed by atoms with Crippen LogP contribution in [0.5, 0.6) is 0 Å². The van der Waals surface area contributed by atoms with Crippen LogP contribution in [-0.4, -0.2) is 17.9 Å². The fourth-order valence-electron chi connectivity index (χ4n) is 1.58. The maximum absolute atomic E-state index is 11.5. The summed E-state index contributed by atoms with van der Waals surface area (Å²) in [5.74, 6) is -0.198. The highest BCUT2D eigenvalue weighted by Gasteiger charge is 2.06. The second-order valence-corrected chi connectivity index (χ2v) is 3.63. The van der Waals surface area contributed by atoms with Crippen LogP contribution in [0.4, 0.5) is 5.69 Å². The van der Waals surface area contributed by atoms with E-state index >= 15 is 0 Å². The SMILES string of the molecule is CNC(=O)c1cc(-c2cccc(N)c2)ccn1. The number of hydrogen-bond donors (Lipinski definition) is 2. The van der Waals surface area contributed by atoms with Gasteiger partial charge in [0.2, 0.25) is 0 Å². The molecule has 0 fully saturated rings. The molecule has 2 rings (SSSR count). The van der Waals surface area contributed by atoms with Crippen molar-refractivity contribution in [2.45, 2.75) is 0 Å². The van der Waals surface area contributed by atoms with Gasteiger partial charge in [-0.3, -0.25) is 9.78 Å². The number of nitrogens with zero attached hydrogens (tertiary/aromatic N) is 1. The highest BCUT2D eigenvalue weighted by molar-refractivity contribution is 5.93. The van der Waals surface area contributed by atoms with Gasteiger partial charge in [-0.25, -0.2) is 0 Å². The number of pyridine rings is 1. The van der Waals surface area contributed by atoms with Crippen molar-refractivity contribution in [2.24, 2.45) is 0 Å². The molecule has 17 heavy (non-hydrogen) atoms. The third-order valence-electron chi connectivity index (χ3n) is 2.44. The van der Waals surface area contributed by atoms with E-state index < -0.39 is 0 Å². The number of rotatable bonds is 2. The topological polar surface area (TPSA) is 68.0 Å². The van der Waals surface area contributed by atoms with Gasteiger partial charge < -0.3 is 11.1 Å². The Morgan fingerprint density at radius 1 is 1.24 bits per heavy atom. The number of nitrogens with one attached hydrogen (secondary N) is 1. The molecule has 1 amide bonds. The van der Waals surface area contributed by atoms with Crippen LogP contribution in [0.15, 0.2) is 42.6 Å². The lowest BCUT2D eigenvalue weighted by atomic mass is 10.1. The lowest BCUT2D eigenvalue weighted by molar-refractivity contribution is 0.0958. The van der Waals surface area contributed by atoms with Crippen molar-refractivity contribution < 1.29 is 4.79 Å². The van der Waals surface area contributed by atoms with Gasteiger partial charge in [-0.1, -0.05) is 12.1 Å². The Morgan fingerprint density at radius 3 is 2.71 bits per heavy atom. The van der Waals surface area contributed by atoms with Gasteiger partial charge in [0.1, 0.15) is 5.69 Å². The number of nitrogen functional groups attached to an aromatic ring is 1. The number of benzene rings is 1. The molecule has 0 aliphatic heterocycles. The van der Waals surface area contributed by atoms with E-state index in [0.29, 0.717) is 11.4 Å². The van der Waals surface area contributed by atoms with Crippen molar-refractivity contribution in [2.75, 3.05) is 12.8 Å². The molecule has 86 valence electrons. The first-order chi connectivity index (χ1) is 8.20. The van der Waals surface area contributed by atoms with Crippen molar-refractivity contribution in [1.82, 2.24) is 10.3 Å². The zero-order valence-corrected chi connectivity index (χ0v) is 9.47. The van der Waals surface area contributed by atoms with Crippen molar-refractivity contribution >= 4 is 11.6 Å². The van der Waals surface area contributed by atoms with Crippen LogP contribution < -0.4 is 11.1 Å². The zero-order chi connectivity index (χ0) is 12.3. The van der Waals surface area contributed by atoms with Crippen LogP contribution in [0.2, 0.25) is 0 Å². The summed E-state index contributed by atoms with van der Waals surface area (Å²) < 4.78 is 0. The van der Waals surface area contributed by atoms with Gasteiger partial charge in [0.25, 0.3) is 5.91 Å². The third-order valence-corrected chi connectivity index (χ3v) is 2.44. The summed E-state index contributed by atoms with van der Waals surface area (Å²) in [6.07, 6.45) is 1.61. The normalized spacial score (nSPS) is 9.94. The maximum Gasteiger partial charge on any atom is 0.269 e. The summed E-state index contributed by atoms with van der Waals surface area (Å²) in [7, 11) is 1.58. The second kappa shape index (κ2) is 4.65. The molecule has 0 atom stereocenters. The lowest BCUT2D eigenvalue weighted by Gasteiger charge is -2.04. The van der Waals surface area contributed by atoms with Gasteiger partial charge in [0.15, 0.2) is 0 Å². The molecule has 0 bridgehead atoms. The Morgan fingerprint density at radius 2 is 2.00 bits per heavy atom. The first kappa shape index (κ1) is 11.1. The summed E-state index contributed by atoms with van der Waals surface area (Å²) in [6, 6.07) is 11.1. The van der Waals surface area contributed by atoms with Gasteiger partial charge in [0, 0.05) is 18.9 Å². The number of amides is 1. The van der Waals surface area contributed by atoms with Crippen molar-refractivity contribution in [3.8, 4) is 11.1 Å². The molecule has 4 nitrogen and oxygen atoms in total. The van der Waals surface area contributed by atoms with Gasteiger partial charge >= 0.3 is 0 Å². The summed E-state index contributed by atoms with van der Waals surface area (Å²) in [4.78, 5) is 15.5. The zero-order valence-electron chi connectivity index (χ0n) is 9.47. The summed E-state index contributed by atoms with van der Waals surface area (Å²) in [6.45, 7) is 0. The molecule has 1 aromatic heterocycles. The van der Waals surface area contributed by atoms with Crippen molar-refractivity contribution in [3.05, 3.63) is 48.3 Å². The summed E-state index contributed by atoms with van der Waals surface area (Å²) in [5.41, 5.74) is 8.71. The van der Waals surface area contributed by atoms with E-state index in [1.807, 2.05) is 30.3 Å². The molecule has 0 aliphatic carbocycles. The number of aromatic nitrogens is 1. The average molecular weight is 227 g/mol. The minimum Gasteiger partial charge on any atom is -0.399 e. The highest BCUT2D eigenvalue weighted by atomic mass is 16.1. The Hall–Kier alpha value is -2.36. The van der Waals surface area contributed by atoms with Crippen LogP contribution in [-0.2, 0) is 0 Å². The van der Waals surface area contributed by atoms with Crippen LogP contribution >= 0.6 is 0 Å². The fourth-order valence-corrected chi connectivity index (χ4v) is 1.58. The predicted octanol–water partition coefficient (Wildman–Crippen LogP) is 1.69. The lowest BCUT2D eigenvalue weighted by Crippen LogP contribution is -2.19. The Balaban J connectivity index is 2.43. The van der Waals surface area contributed by atoms with E-state index in [1.165, 1.54) is 0 Å². The number of hydrogen-bond acceptors (Lipinski definition) is 3. The monoisotopic (exact) mass is 227 g/mol. The minimum absolute atomic E-state index is 0.198. The third kappa shape index (κ3) is 2.42. The van der Waals surface area contributed by atoms with Crippen molar-refractivity contribution in [3.63, 3.8) is 0 Å². The Bertz CT molecular complexity index is 552. The molecular weight excluding hydrogens is 214 g/mol. The van der Waals surface area contributed by atoms with Crippen molar-refractivity contribution in [1.29, 1.82) is 0 Å². The molecule has 2 aromatic rings. The van der Waals surface area contributed by atoms with Crippen LogP contribution in [0.3, 0.4) is 0 Å². The fraction of sp³-hybridized carbons (Fsp3) is 0.0769.